The second-order valence-corrected chi connectivity index (χ2v) is 6.25. The number of pyridine rings is 1. The van der Waals surface area contributed by atoms with Gasteiger partial charge in [0.25, 0.3) is 11.8 Å². The summed E-state index contributed by atoms with van der Waals surface area (Å²) in [6.07, 6.45) is 1.15. The molecule has 0 aliphatic rings. The van der Waals surface area contributed by atoms with E-state index in [0.29, 0.717) is 11.3 Å². The van der Waals surface area contributed by atoms with E-state index in [1.165, 1.54) is 18.2 Å². The summed E-state index contributed by atoms with van der Waals surface area (Å²) in [5.74, 6) is -1.92. The highest BCUT2D eigenvalue weighted by molar-refractivity contribution is 6.04. The first-order valence-corrected chi connectivity index (χ1v) is 9.11. The number of para-hydroxylation sites is 1. The van der Waals surface area contributed by atoms with Crippen molar-refractivity contribution in [2.45, 2.75) is 6.54 Å². The SMILES string of the molecule is O=C(COC(=O)c1cccc[n+]1[O-])Nc1ccccc1C(=O)NCc1ccccc1. The first kappa shape index (κ1) is 20.5. The lowest BCUT2D eigenvalue weighted by atomic mass is 10.1. The zero-order chi connectivity index (χ0) is 21.3. The largest absolute Gasteiger partial charge is 0.618 e. The number of esters is 1. The van der Waals surface area contributed by atoms with Crippen molar-refractivity contribution in [3.63, 3.8) is 0 Å². The second kappa shape index (κ2) is 9.83. The van der Waals surface area contributed by atoms with Crippen molar-refractivity contribution in [3.8, 4) is 0 Å². The van der Waals surface area contributed by atoms with E-state index in [2.05, 4.69) is 10.6 Å². The van der Waals surface area contributed by atoms with Crippen molar-refractivity contribution in [3.05, 3.63) is 101 Å². The lowest BCUT2D eigenvalue weighted by Gasteiger charge is -2.12. The molecule has 2 amide bonds. The maximum absolute atomic E-state index is 12.5. The van der Waals surface area contributed by atoms with Crippen LogP contribution in [0.3, 0.4) is 0 Å². The van der Waals surface area contributed by atoms with Crippen molar-refractivity contribution in [1.29, 1.82) is 0 Å². The van der Waals surface area contributed by atoms with E-state index >= 15 is 0 Å². The Morgan fingerprint density at radius 1 is 0.900 bits per heavy atom. The molecule has 8 nitrogen and oxygen atoms in total. The van der Waals surface area contributed by atoms with E-state index in [1.807, 2.05) is 30.3 Å². The van der Waals surface area contributed by atoms with Crippen LogP contribution in [0.1, 0.15) is 26.4 Å². The number of nitrogens with one attached hydrogen (secondary N) is 2. The summed E-state index contributed by atoms with van der Waals surface area (Å²) in [6.45, 7) is -0.264. The first-order chi connectivity index (χ1) is 14.5. The molecule has 0 unspecified atom stereocenters. The summed E-state index contributed by atoms with van der Waals surface area (Å²) in [4.78, 5) is 36.6. The molecule has 3 aromatic rings. The van der Waals surface area contributed by atoms with Crippen LogP contribution in [0.5, 0.6) is 0 Å². The highest BCUT2D eigenvalue weighted by atomic mass is 16.5. The van der Waals surface area contributed by atoms with E-state index in [4.69, 9.17) is 4.74 Å². The van der Waals surface area contributed by atoms with Crippen LogP contribution in [-0.2, 0) is 16.1 Å². The quantitative estimate of drug-likeness (QED) is 0.355. The Kier molecular flexibility index (Phi) is 6.73. The fraction of sp³-hybridized carbons (Fsp3) is 0.0909. The Hall–Kier alpha value is -4.20. The first-order valence-electron chi connectivity index (χ1n) is 9.11. The normalized spacial score (nSPS) is 10.1. The summed E-state index contributed by atoms with van der Waals surface area (Å²) in [6, 6.07) is 20.2. The van der Waals surface area contributed by atoms with Crippen LogP contribution in [0, 0.1) is 5.21 Å². The van der Waals surface area contributed by atoms with Crippen LogP contribution in [-0.4, -0.2) is 24.4 Å². The smallest absolute Gasteiger partial charge is 0.405 e. The summed E-state index contributed by atoms with van der Waals surface area (Å²) in [7, 11) is 0. The number of nitrogens with zero attached hydrogens (tertiary/aromatic N) is 1. The average molecular weight is 405 g/mol. The molecule has 30 heavy (non-hydrogen) atoms. The molecular weight excluding hydrogens is 386 g/mol. The molecule has 2 aromatic carbocycles. The predicted octanol–water partition coefficient (Wildman–Crippen LogP) is 2.05. The van der Waals surface area contributed by atoms with Gasteiger partial charge in [0, 0.05) is 18.7 Å². The standard InChI is InChI=1S/C22H19N3O5/c26-20(15-30-22(28)19-12-6-7-13-25(19)29)24-18-11-5-4-10-17(18)21(27)23-14-16-8-2-1-3-9-16/h1-13H,14-15H2,(H,23,27)(H,24,26). The number of ether oxygens (including phenoxy) is 1. The zero-order valence-electron chi connectivity index (χ0n) is 15.9. The van der Waals surface area contributed by atoms with Crippen LogP contribution in [0.15, 0.2) is 79.0 Å². The van der Waals surface area contributed by atoms with Crippen molar-refractivity contribution < 1.29 is 23.9 Å². The minimum atomic E-state index is -0.922. The zero-order valence-corrected chi connectivity index (χ0v) is 15.9. The van der Waals surface area contributed by atoms with Crippen LogP contribution in [0.25, 0.3) is 0 Å². The molecule has 0 aliphatic carbocycles. The van der Waals surface area contributed by atoms with Gasteiger partial charge in [0.1, 0.15) is 0 Å². The third-order valence-corrected chi connectivity index (χ3v) is 4.11. The van der Waals surface area contributed by atoms with Gasteiger partial charge < -0.3 is 20.6 Å². The number of benzene rings is 2. The molecule has 3 rings (SSSR count). The molecule has 0 bridgehead atoms. The van der Waals surface area contributed by atoms with E-state index < -0.39 is 18.5 Å². The van der Waals surface area contributed by atoms with Crippen LogP contribution >= 0.6 is 0 Å². The van der Waals surface area contributed by atoms with Crippen molar-refractivity contribution in [2.24, 2.45) is 0 Å². The molecule has 152 valence electrons. The number of aromatic nitrogens is 1. The maximum Gasteiger partial charge on any atom is 0.405 e. The van der Waals surface area contributed by atoms with Crippen LogP contribution in [0.4, 0.5) is 5.69 Å². The van der Waals surface area contributed by atoms with Gasteiger partial charge in [-0.1, -0.05) is 42.5 Å². The van der Waals surface area contributed by atoms with E-state index in [1.54, 1.807) is 24.3 Å². The van der Waals surface area contributed by atoms with Crippen molar-refractivity contribution in [1.82, 2.24) is 5.32 Å². The Morgan fingerprint density at radius 2 is 1.60 bits per heavy atom. The molecule has 2 N–H and O–H groups in total. The number of amides is 2. The Balaban J connectivity index is 1.58. The van der Waals surface area contributed by atoms with E-state index in [0.717, 1.165) is 11.8 Å². The summed E-state index contributed by atoms with van der Waals surface area (Å²) in [5, 5.41) is 16.9. The number of anilines is 1. The highest BCUT2D eigenvalue weighted by Crippen LogP contribution is 2.15. The molecule has 0 atom stereocenters. The Bertz CT molecular complexity index is 1050. The van der Waals surface area contributed by atoms with Crippen LogP contribution < -0.4 is 15.4 Å². The topological polar surface area (TPSA) is 111 Å². The monoisotopic (exact) mass is 405 g/mol. The number of carbonyl (C=O) groups is 3. The van der Waals surface area contributed by atoms with Gasteiger partial charge in [-0.25, -0.2) is 4.79 Å². The van der Waals surface area contributed by atoms with E-state index in [9.17, 15) is 19.6 Å². The molecule has 0 spiro atoms. The van der Waals surface area contributed by atoms with Gasteiger partial charge in [-0.3, -0.25) is 9.59 Å². The summed E-state index contributed by atoms with van der Waals surface area (Å²) >= 11 is 0. The highest BCUT2D eigenvalue weighted by Gasteiger charge is 2.19. The van der Waals surface area contributed by atoms with Gasteiger partial charge in [0.2, 0.25) is 0 Å². The lowest BCUT2D eigenvalue weighted by molar-refractivity contribution is -0.608. The minimum Gasteiger partial charge on any atom is -0.618 e. The molecule has 0 saturated heterocycles. The lowest BCUT2D eigenvalue weighted by Crippen LogP contribution is -2.35. The number of carbonyl (C=O) groups excluding carboxylic acids is 3. The second-order valence-electron chi connectivity index (χ2n) is 6.25. The molecule has 0 fully saturated rings. The number of hydrogen-bond acceptors (Lipinski definition) is 5. The van der Waals surface area contributed by atoms with Gasteiger partial charge >= 0.3 is 11.7 Å². The molecule has 0 aliphatic heterocycles. The maximum atomic E-state index is 12.5. The Morgan fingerprint density at radius 3 is 2.37 bits per heavy atom. The average Bonchev–Trinajstić information content (AvgIpc) is 2.77. The third-order valence-electron chi connectivity index (χ3n) is 4.11. The van der Waals surface area contributed by atoms with Gasteiger partial charge in [-0.15, -0.1) is 0 Å². The van der Waals surface area contributed by atoms with Crippen molar-refractivity contribution >= 4 is 23.5 Å². The summed E-state index contributed by atoms with van der Waals surface area (Å²) in [5.41, 5.74) is 1.26. The van der Waals surface area contributed by atoms with Crippen molar-refractivity contribution in [2.75, 3.05) is 11.9 Å². The molecule has 1 aromatic heterocycles. The van der Waals surface area contributed by atoms with Gasteiger partial charge in [0.05, 0.1) is 11.3 Å². The minimum absolute atomic E-state index is 0.231. The molecular formula is C22H19N3O5. The third kappa shape index (κ3) is 5.41. The Labute approximate surface area is 172 Å². The van der Waals surface area contributed by atoms with Gasteiger partial charge in [0.15, 0.2) is 12.8 Å². The molecule has 0 radical (unpaired) electrons. The fourth-order valence-corrected chi connectivity index (χ4v) is 2.64. The fourth-order valence-electron chi connectivity index (χ4n) is 2.64. The summed E-state index contributed by atoms with van der Waals surface area (Å²) < 4.78 is 5.23. The molecule has 8 heteroatoms. The number of hydrogen-bond donors (Lipinski definition) is 2. The van der Waals surface area contributed by atoms with Gasteiger partial charge in [-0.2, -0.15) is 4.73 Å². The van der Waals surface area contributed by atoms with E-state index in [-0.39, 0.29) is 22.9 Å². The molecule has 1 heterocycles. The predicted molar refractivity (Wildman–Crippen MR) is 108 cm³/mol. The van der Waals surface area contributed by atoms with Gasteiger partial charge in [-0.05, 0) is 23.8 Å². The molecule has 0 saturated carbocycles. The number of rotatable bonds is 7. The van der Waals surface area contributed by atoms with Crippen LogP contribution in [0.2, 0.25) is 0 Å².